The third kappa shape index (κ3) is 2.94. The third-order valence-corrected chi connectivity index (χ3v) is 2.55. The Bertz CT molecular complexity index is 482. The lowest BCUT2D eigenvalue weighted by Crippen LogP contribution is -2.44. The van der Waals surface area contributed by atoms with Crippen LogP contribution >= 0.6 is 0 Å². The molecule has 0 bridgehead atoms. The van der Waals surface area contributed by atoms with Crippen molar-refractivity contribution in [2.24, 2.45) is 0 Å². The lowest BCUT2D eigenvalue weighted by molar-refractivity contribution is 0.0920. The van der Waals surface area contributed by atoms with Gasteiger partial charge in [-0.05, 0) is 31.5 Å². The molecule has 1 atom stereocenters. The number of hydrogen-bond donors (Lipinski definition) is 2. The molecule has 5 heteroatoms. The van der Waals surface area contributed by atoms with Crippen molar-refractivity contribution >= 4 is 5.91 Å². The van der Waals surface area contributed by atoms with Gasteiger partial charge in [-0.2, -0.15) is 5.26 Å². The summed E-state index contributed by atoms with van der Waals surface area (Å²) in [5, 5.41) is 20.8. The molecule has 1 unspecified atom stereocenters. The molecule has 4 nitrogen and oxygen atoms in total. The summed E-state index contributed by atoms with van der Waals surface area (Å²) in [5.41, 5.74) is -1.21. The van der Waals surface area contributed by atoms with Crippen LogP contribution in [-0.2, 0) is 0 Å². The number of hydrogen-bond acceptors (Lipinski definition) is 3. The van der Waals surface area contributed by atoms with E-state index >= 15 is 0 Å². The Morgan fingerprint density at radius 3 is 2.82 bits per heavy atom. The molecule has 0 aromatic heterocycles. The molecule has 1 rings (SSSR count). The monoisotopic (exact) mass is 236 g/mol. The summed E-state index contributed by atoms with van der Waals surface area (Å²) < 4.78 is 12.9. The first-order chi connectivity index (χ1) is 7.91. The quantitative estimate of drug-likeness (QED) is 0.842. The molecule has 2 N–H and O–H groups in total. The molecule has 0 aliphatic heterocycles. The van der Waals surface area contributed by atoms with Crippen LogP contribution in [0, 0.1) is 17.1 Å². The van der Waals surface area contributed by atoms with Crippen LogP contribution in [0.2, 0.25) is 0 Å². The molecule has 1 amide bonds. The van der Waals surface area contributed by atoms with E-state index in [2.05, 4.69) is 5.32 Å². The number of benzene rings is 1. The van der Waals surface area contributed by atoms with Gasteiger partial charge in [-0.3, -0.25) is 4.79 Å². The zero-order valence-electron chi connectivity index (χ0n) is 9.62. The van der Waals surface area contributed by atoms with Crippen LogP contribution in [0.1, 0.15) is 30.6 Å². The fourth-order valence-corrected chi connectivity index (χ4v) is 1.20. The number of rotatable bonds is 3. The van der Waals surface area contributed by atoms with Gasteiger partial charge in [0, 0.05) is 0 Å². The highest BCUT2D eigenvalue weighted by Gasteiger charge is 2.25. The maximum atomic E-state index is 12.9. The predicted octanol–water partition coefficient (Wildman–Crippen LogP) is 1.95. The largest absolute Gasteiger partial charge is 0.507 e. The molecule has 1 aromatic carbocycles. The van der Waals surface area contributed by atoms with Crippen LogP contribution in [0.5, 0.6) is 5.75 Å². The van der Waals surface area contributed by atoms with Crippen LogP contribution in [0.4, 0.5) is 4.39 Å². The van der Waals surface area contributed by atoms with Crippen LogP contribution in [0.15, 0.2) is 18.2 Å². The van der Waals surface area contributed by atoms with Crippen molar-refractivity contribution in [2.45, 2.75) is 25.8 Å². The van der Waals surface area contributed by atoms with E-state index in [1.807, 2.05) is 6.07 Å². The lowest BCUT2D eigenvalue weighted by Gasteiger charge is -2.21. The van der Waals surface area contributed by atoms with Crippen LogP contribution in [-0.4, -0.2) is 16.6 Å². The topological polar surface area (TPSA) is 73.1 Å². The Kier molecular flexibility index (Phi) is 3.69. The average molecular weight is 236 g/mol. The average Bonchev–Trinajstić information content (AvgIpc) is 2.32. The van der Waals surface area contributed by atoms with Crippen molar-refractivity contribution in [3.63, 3.8) is 0 Å². The molecule has 0 heterocycles. The minimum atomic E-state index is -1.03. The summed E-state index contributed by atoms with van der Waals surface area (Å²) >= 11 is 0. The molecule has 0 aliphatic rings. The van der Waals surface area contributed by atoms with E-state index < -0.39 is 17.3 Å². The van der Waals surface area contributed by atoms with Gasteiger partial charge in [0.1, 0.15) is 17.1 Å². The zero-order valence-corrected chi connectivity index (χ0v) is 9.62. The number of nitrogens with zero attached hydrogens (tertiary/aromatic N) is 1. The second-order valence-corrected chi connectivity index (χ2v) is 3.91. The Labute approximate surface area is 98.7 Å². The van der Waals surface area contributed by atoms with Crippen molar-refractivity contribution in [3.8, 4) is 11.8 Å². The molecule has 0 spiro atoms. The lowest BCUT2D eigenvalue weighted by atomic mass is 10.0. The van der Waals surface area contributed by atoms with Crippen molar-refractivity contribution < 1.29 is 14.3 Å². The van der Waals surface area contributed by atoms with Crippen molar-refractivity contribution in [1.82, 2.24) is 5.32 Å². The number of nitriles is 1. The molecule has 0 saturated carbocycles. The van der Waals surface area contributed by atoms with E-state index in [1.54, 1.807) is 13.8 Å². The predicted molar refractivity (Wildman–Crippen MR) is 59.8 cm³/mol. The molecule has 0 aliphatic carbocycles. The van der Waals surface area contributed by atoms with E-state index in [9.17, 15) is 14.3 Å². The van der Waals surface area contributed by atoms with Gasteiger partial charge >= 0.3 is 0 Å². The maximum Gasteiger partial charge on any atom is 0.256 e. The van der Waals surface area contributed by atoms with Gasteiger partial charge in [0.05, 0.1) is 11.6 Å². The summed E-state index contributed by atoms with van der Waals surface area (Å²) in [4.78, 5) is 11.8. The molecule has 0 saturated heterocycles. The molecular formula is C12H13FN2O2. The molecule has 1 aromatic rings. The first kappa shape index (κ1) is 13.0. The van der Waals surface area contributed by atoms with E-state index in [1.165, 1.54) is 0 Å². The number of phenolic OH excluding ortho intramolecular Hbond substituents is 1. The summed E-state index contributed by atoms with van der Waals surface area (Å²) in [5.74, 6) is -1.61. The molecule has 0 radical (unpaired) electrons. The summed E-state index contributed by atoms with van der Waals surface area (Å²) in [6.07, 6.45) is 0.408. The highest BCUT2D eigenvalue weighted by atomic mass is 19.1. The number of aromatic hydroxyl groups is 1. The second kappa shape index (κ2) is 4.83. The fourth-order valence-electron chi connectivity index (χ4n) is 1.20. The molecule has 0 fully saturated rings. The summed E-state index contributed by atoms with van der Waals surface area (Å²) in [7, 11) is 0. The fraction of sp³-hybridized carbons (Fsp3) is 0.333. The van der Waals surface area contributed by atoms with E-state index in [4.69, 9.17) is 5.26 Å². The van der Waals surface area contributed by atoms with Gasteiger partial charge in [-0.1, -0.05) is 6.92 Å². The first-order valence-corrected chi connectivity index (χ1v) is 5.14. The standard InChI is InChI=1S/C12H13FN2O2/c1-3-12(2,7-14)15-11(17)9-6-8(13)4-5-10(9)16/h4-6,16H,3H2,1-2H3,(H,15,17). The Hall–Kier alpha value is -2.09. The third-order valence-electron chi connectivity index (χ3n) is 2.55. The summed E-state index contributed by atoms with van der Waals surface area (Å²) in [6.45, 7) is 3.30. The number of halogens is 1. The molecule has 90 valence electrons. The summed E-state index contributed by atoms with van der Waals surface area (Å²) in [6, 6.07) is 5.03. The number of carbonyl (C=O) groups is 1. The van der Waals surface area contributed by atoms with Gasteiger partial charge < -0.3 is 10.4 Å². The number of carbonyl (C=O) groups excluding carboxylic acids is 1. The SMILES string of the molecule is CCC(C)(C#N)NC(=O)c1cc(F)ccc1O. The van der Waals surface area contributed by atoms with E-state index in [-0.39, 0.29) is 11.3 Å². The van der Waals surface area contributed by atoms with Gasteiger partial charge in [0.2, 0.25) is 0 Å². The number of phenols is 1. The van der Waals surface area contributed by atoms with Crippen molar-refractivity contribution in [1.29, 1.82) is 5.26 Å². The van der Waals surface area contributed by atoms with Crippen molar-refractivity contribution in [3.05, 3.63) is 29.6 Å². The minimum Gasteiger partial charge on any atom is -0.507 e. The smallest absolute Gasteiger partial charge is 0.256 e. The number of nitrogens with one attached hydrogen (secondary N) is 1. The molecule has 17 heavy (non-hydrogen) atoms. The normalized spacial score (nSPS) is 13.5. The Balaban J connectivity index is 2.99. The van der Waals surface area contributed by atoms with Gasteiger partial charge in [-0.25, -0.2) is 4.39 Å². The van der Waals surface area contributed by atoms with Gasteiger partial charge in [0.25, 0.3) is 5.91 Å². The minimum absolute atomic E-state index is 0.181. The second-order valence-electron chi connectivity index (χ2n) is 3.91. The maximum absolute atomic E-state index is 12.9. The zero-order chi connectivity index (χ0) is 13.1. The van der Waals surface area contributed by atoms with Gasteiger partial charge in [0.15, 0.2) is 0 Å². The number of amides is 1. The van der Waals surface area contributed by atoms with Crippen molar-refractivity contribution in [2.75, 3.05) is 0 Å². The van der Waals surface area contributed by atoms with Crippen LogP contribution < -0.4 is 5.32 Å². The first-order valence-electron chi connectivity index (χ1n) is 5.14. The van der Waals surface area contributed by atoms with E-state index in [0.717, 1.165) is 18.2 Å². The Morgan fingerprint density at radius 1 is 1.65 bits per heavy atom. The van der Waals surface area contributed by atoms with E-state index in [0.29, 0.717) is 6.42 Å². The highest BCUT2D eigenvalue weighted by molar-refractivity contribution is 5.97. The van der Waals surface area contributed by atoms with Gasteiger partial charge in [-0.15, -0.1) is 0 Å². The molecular weight excluding hydrogens is 223 g/mol. The Morgan fingerprint density at radius 2 is 2.29 bits per heavy atom. The van der Waals surface area contributed by atoms with Crippen LogP contribution in [0.25, 0.3) is 0 Å². The van der Waals surface area contributed by atoms with Crippen LogP contribution in [0.3, 0.4) is 0 Å². The highest BCUT2D eigenvalue weighted by Crippen LogP contribution is 2.19.